The second-order valence-electron chi connectivity index (χ2n) is 4.76. The summed E-state index contributed by atoms with van der Waals surface area (Å²) in [6, 6.07) is 2.28. The minimum atomic E-state index is -0.664. The van der Waals surface area contributed by atoms with Crippen LogP contribution < -0.4 is 4.90 Å². The van der Waals surface area contributed by atoms with Gasteiger partial charge < -0.3 is 10.0 Å². The van der Waals surface area contributed by atoms with Gasteiger partial charge in [-0.15, -0.1) is 0 Å². The number of aryl methyl sites for hydroxylation is 1. The Morgan fingerprint density at radius 3 is 2.94 bits per heavy atom. The first kappa shape index (κ1) is 11.9. The number of hydrogen-bond donors (Lipinski definition) is 1. The molecule has 1 aliphatic rings. The zero-order valence-corrected chi connectivity index (χ0v) is 10.3. The van der Waals surface area contributed by atoms with E-state index in [2.05, 4.69) is 16.8 Å². The van der Waals surface area contributed by atoms with Crippen LogP contribution in [0.4, 0.5) is 5.69 Å². The van der Waals surface area contributed by atoms with Crippen LogP contribution in [-0.4, -0.2) is 28.6 Å². The van der Waals surface area contributed by atoms with Crippen LogP contribution in [0.3, 0.4) is 0 Å². The van der Waals surface area contributed by atoms with Crippen molar-refractivity contribution in [1.82, 2.24) is 4.98 Å². The molecule has 0 radical (unpaired) electrons. The summed E-state index contributed by atoms with van der Waals surface area (Å²) in [7, 11) is 0. The Morgan fingerprint density at radius 1 is 1.59 bits per heavy atom. The molecule has 1 N–H and O–H groups in total. The number of hydrogen-bond acceptors (Lipinski definition) is 3. The van der Waals surface area contributed by atoms with E-state index in [0.29, 0.717) is 0 Å². The number of carboxylic acid groups (broad SMARTS) is 1. The van der Waals surface area contributed by atoms with Crippen LogP contribution in [0.1, 0.15) is 25.3 Å². The zero-order chi connectivity index (χ0) is 12.4. The molecule has 0 saturated carbocycles. The lowest BCUT2D eigenvalue weighted by atomic mass is 9.91. The highest BCUT2D eigenvalue weighted by Gasteiger charge is 2.30. The second kappa shape index (κ2) is 4.73. The lowest BCUT2D eigenvalue weighted by Gasteiger charge is -2.38. The van der Waals surface area contributed by atoms with E-state index < -0.39 is 5.97 Å². The smallest absolute Gasteiger partial charge is 0.306 e. The summed E-state index contributed by atoms with van der Waals surface area (Å²) in [6.07, 6.45) is 5.09. The van der Waals surface area contributed by atoms with Crippen molar-refractivity contribution in [3.63, 3.8) is 0 Å². The van der Waals surface area contributed by atoms with E-state index in [1.54, 1.807) is 6.20 Å². The van der Waals surface area contributed by atoms with E-state index >= 15 is 0 Å². The number of carboxylic acids is 1. The number of rotatable bonds is 2. The Kier molecular flexibility index (Phi) is 3.31. The van der Waals surface area contributed by atoms with E-state index in [1.165, 1.54) is 5.69 Å². The molecular formula is C13H18N2O2. The summed E-state index contributed by atoms with van der Waals surface area (Å²) in [6.45, 7) is 4.94. The Balaban J connectivity index is 2.15. The van der Waals surface area contributed by atoms with Crippen molar-refractivity contribution in [3.05, 3.63) is 24.0 Å². The molecule has 1 aromatic rings. The maximum Gasteiger partial charge on any atom is 0.306 e. The number of aromatic nitrogens is 1. The second-order valence-corrected chi connectivity index (χ2v) is 4.76. The van der Waals surface area contributed by atoms with Gasteiger partial charge in [-0.25, -0.2) is 0 Å². The first-order valence-corrected chi connectivity index (χ1v) is 5.99. The third-order valence-electron chi connectivity index (χ3n) is 3.53. The molecule has 4 nitrogen and oxygen atoms in total. The largest absolute Gasteiger partial charge is 0.481 e. The SMILES string of the molecule is Cc1cnccc1N1CCC(C(=O)O)CC1C. The molecule has 0 bridgehead atoms. The Bertz CT molecular complexity index is 420. The Morgan fingerprint density at radius 2 is 2.35 bits per heavy atom. The van der Waals surface area contributed by atoms with Crippen LogP contribution in [0.25, 0.3) is 0 Å². The van der Waals surface area contributed by atoms with Crippen LogP contribution in [0.2, 0.25) is 0 Å². The molecule has 0 spiro atoms. The van der Waals surface area contributed by atoms with E-state index in [0.717, 1.165) is 24.9 Å². The van der Waals surface area contributed by atoms with Gasteiger partial charge in [0.25, 0.3) is 0 Å². The van der Waals surface area contributed by atoms with E-state index in [1.807, 2.05) is 19.2 Å². The minimum absolute atomic E-state index is 0.191. The molecule has 92 valence electrons. The molecule has 2 rings (SSSR count). The third-order valence-corrected chi connectivity index (χ3v) is 3.53. The third kappa shape index (κ3) is 2.40. The van der Waals surface area contributed by atoms with Crippen LogP contribution in [-0.2, 0) is 4.79 Å². The van der Waals surface area contributed by atoms with Gasteiger partial charge in [0.2, 0.25) is 0 Å². The van der Waals surface area contributed by atoms with Gasteiger partial charge in [-0.1, -0.05) is 0 Å². The molecule has 1 aliphatic heterocycles. The van der Waals surface area contributed by atoms with Gasteiger partial charge in [0.1, 0.15) is 0 Å². The van der Waals surface area contributed by atoms with Crippen molar-refractivity contribution < 1.29 is 9.90 Å². The van der Waals surface area contributed by atoms with E-state index in [9.17, 15) is 4.79 Å². The molecule has 1 saturated heterocycles. The fraction of sp³-hybridized carbons (Fsp3) is 0.538. The van der Waals surface area contributed by atoms with Crippen molar-refractivity contribution in [2.75, 3.05) is 11.4 Å². The number of piperidine rings is 1. The molecule has 17 heavy (non-hydrogen) atoms. The fourth-order valence-electron chi connectivity index (χ4n) is 2.54. The van der Waals surface area contributed by atoms with E-state index in [4.69, 9.17) is 5.11 Å². The Labute approximate surface area is 101 Å². The average molecular weight is 234 g/mol. The van der Waals surface area contributed by atoms with Crippen LogP contribution >= 0.6 is 0 Å². The highest BCUT2D eigenvalue weighted by molar-refractivity contribution is 5.70. The molecule has 1 fully saturated rings. The van der Waals surface area contributed by atoms with Gasteiger partial charge in [0.15, 0.2) is 0 Å². The van der Waals surface area contributed by atoms with Crippen molar-refractivity contribution in [3.8, 4) is 0 Å². The Hall–Kier alpha value is -1.58. The molecule has 2 heterocycles. The van der Waals surface area contributed by atoms with Crippen LogP contribution in [0, 0.1) is 12.8 Å². The predicted molar refractivity (Wildman–Crippen MR) is 66.1 cm³/mol. The van der Waals surface area contributed by atoms with Crippen LogP contribution in [0.5, 0.6) is 0 Å². The summed E-state index contributed by atoms with van der Waals surface area (Å²) in [5.74, 6) is -0.855. The van der Waals surface area contributed by atoms with Gasteiger partial charge in [0.05, 0.1) is 5.92 Å². The molecule has 0 aliphatic carbocycles. The lowest BCUT2D eigenvalue weighted by Crippen LogP contribution is -2.43. The molecule has 2 unspecified atom stereocenters. The van der Waals surface area contributed by atoms with Crippen molar-refractivity contribution >= 4 is 11.7 Å². The molecule has 4 heteroatoms. The summed E-state index contributed by atoms with van der Waals surface area (Å²) >= 11 is 0. The molecule has 0 aromatic carbocycles. The van der Waals surface area contributed by atoms with Crippen molar-refractivity contribution in [1.29, 1.82) is 0 Å². The van der Waals surface area contributed by atoms with Gasteiger partial charge in [-0.3, -0.25) is 9.78 Å². The first-order chi connectivity index (χ1) is 8.09. The normalized spacial score (nSPS) is 24.7. The van der Waals surface area contributed by atoms with Gasteiger partial charge in [-0.05, 0) is 38.3 Å². The topological polar surface area (TPSA) is 53.4 Å². The zero-order valence-electron chi connectivity index (χ0n) is 10.3. The van der Waals surface area contributed by atoms with Crippen molar-refractivity contribution in [2.24, 2.45) is 5.92 Å². The van der Waals surface area contributed by atoms with Crippen molar-refractivity contribution in [2.45, 2.75) is 32.7 Å². The first-order valence-electron chi connectivity index (χ1n) is 5.99. The average Bonchev–Trinajstić information content (AvgIpc) is 2.30. The number of pyridine rings is 1. The summed E-state index contributed by atoms with van der Waals surface area (Å²) in [5, 5.41) is 9.04. The quantitative estimate of drug-likeness (QED) is 0.851. The summed E-state index contributed by atoms with van der Waals surface area (Å²) in [5.41, 5.74) is 2.32. The van der Waals surface area contributed by atoms with Gasteiger partial charge >= 0.3 is 5.97 Å². The molecule has 0 amide bonds. The molecule has 1 aromatic heterocycles. The fourth-order valence-corrected chi connectivity index (χ4v) is 2.54. The van der Waals surface area contributed by atoms with E-state index in [-0.39, 0.29) is 12.0 Å². The molecular weight excluding hydrogens is 216 g/mol. The maximum absolute atomic E-state index is 11.0. The number of carbonyl (C=O) groups is 1. The monoisotopic (exact) mass is 234 g/mol. The lowest BCUT2D eigenvalue weighted by molar-refractivity contribution is -0.142. The van der Waals surface area contributed by atoms with Gasteiger partial charge in [-0.2, -0.15) is 0 Å². The van der Waals surface area contributed by atoms with Crippen LogP contribution in [0.15, 0.2) is 18.5 Å². The standard InChI is InChI=1S/C13H18N2O2/c1-9-8-14-5-3-12(9)15-6-4-11(13(16)17)7-10(15)2/h3,5,8,10-11H,4,6-7H2,1-2H3,(H,16,17). The highest BCUT2D eigenvalue weighted by atomic mass is 16.4. The maximum atomic E-state index is 11.0. The number of aliphatic carboxylic acids is 1. The minimum Gasteiger partial charge on any atom is -0.481 e. The summed E-state index contributed by atoms with van der Waals surface area (Å²) < 4.78 is 0. The number of anilines is 1. The van der Waals surface area contributed by atoms with Gasteiger partial charge in [0, 0.05) is 30.7 Å². The predicted octanol–water partition coefficient (Wildman–Crippen LogP) is 2.08. The summed E-state index contributed by atoms with van der Waals surface area (Å²) in [4.78, 5) is 17.4. The highest BCUT2D eigenvalue weighted by Crippen LogP contribution is 2.29. The molecule has 2 atom stereocenters. The number of nitrogens with zero attached hydrogens (tertiary/aromatic N) is 2.